The zero-order valence-electron chi connectivity index (χ0n) is 12.8. The molecule has 0 spiro atoms. The summed E-state index contributed by atoms with van der Waals surface area (Å²) in [7, 11) is 1.66. The molecule has 0 aliphatic heterocycles. The van der Waals surface area contributed by atoms with Crippen molar-refractivity contribution in [3.05, 3.63) is 39.8 Å². The molecule has 0 atom stereocenters. The summed E-state index contributed by atoms with van der Waals surface area (Å²) in [5.41, 5.74) is 2.17. The Bertz CT molecular complexity index is 569. The number of benzene rings is 1. The van der Waals surface area contributed by atoms with Crippen molar-refractivity contribution >= 4 is 11.3 Å². The fourth-order valence-corrected chi connectivity index (χ4v) is 2.63. The second kappa shape index (κ2) is 8.00. The van der Waals surface area contributed by atoms with Crippen LogP contribution >= 0.6 is 11.3 Å². The van der Waals surface area contributed by atoms with Gasteiger partial charge in [0.25, 0.3) is 0 Å². The number of ether oxygens (including phenoxy) is 2. The maximum Gasteiger partial charge on any atom is 0.140 e. The van der Waals surface area contributed by atoms with Gasteiger partial charge in [-0.2, -0.15) is 0 Å². The first-order chi connectivity index (χ1) is 10.2. The molecule has 0 fully saturated rings. The van der Waals surface area contributed by atoms with Gasteiger partial charge in [0.1, 0.15) is 23.1 Å². The fraction of sp³-hybridized carbons (Fsp3) is 0.438. The summed E-state index contributed by atoms with van der Waals surface area (Å²) < 4.78 is 11.2. The largest absolute Gasteiger partial charge is 0.497 e. The van der Waals surface area contributed by atoms with Crippen molar-refractivity contribution in [1.82, 2.24) is 10.3 Å². The van der Waals surface area contributed by atoms with Gasteiger partial charge >= 0.3 is 0 Å². The van der Waals surface area contributed by atoms with Gasteiger partial charge in [-0.15, -0.1) is 11.3 Å². The van der Waals surface area contributed by atoms with Crippen LogP contribution < -0.4 is 14.8 Å². The molecule has 5 heteroatoms. The third kappa shape index (κ3) is 4.72. The third-order valence-corrected chi connectivity index (χ3v) is 3.97. The Labute approximate surface area is 130 Å². The quantitative estimate of drug-likeness (QED) is 0.758. The van der Waals surface area contributed by atoms with E-state index in [-0.39, 0.29) is 0 Å². The molecule has 4 nitrogen and oxygen atoms in total. The van der Waals surface area contributed by atoms with Gasteiger partial charge in [-0.25, -0.2) is 4.98 Å². The van der Waals surface area contributed by atoms with E-state index in [1.807, 2.05) is 30.5 Å². The second-order valence-corrected chi connectivity index (χ2v) is 5.76. The summed E-state index contributed by atoms with van der Waals surface area (Å²) in [4.78, 5) is 4.42. The first-order valence-electron chi connectivity index (χ1n) is 7.14. The van der Waals surface area contributed by atoms with E-state index in [4.69, 9.17) is 9.47 Å². The number of hydrogen-bond acceptors (Lipinski definition) is 5. The fourth-order valence-electron chi connectivity index (χ4n) is 1.95. The molecule has 1 heterocycles. The van der Waals surface area contributed by atoms with Crippen LogP contribution in [-0.4, -0.2) is 18.6 Å². The Hall–Kier alpha value is -1.59. The number of nitrogens with one attached hydrogen (secondary N) is 1. The lowest BCUT2D eigenvalue weighted by Crippen LogP contribution is -2.14. The summed E-state index contributed by atoms with van der Waals surface area (Å²) in [5, 5.41) is 6.42. The van der Waals surface area contributed by atoms with Gasteiger partial charge in [-0.1, -0.05) is 13.0 Å². The number of nitrogens with zero attached hydrogens (tertiary/aromatic N) is 1. The molecule has 0 radical (unpaired) electrons. The van der Waals surface area contributed by atoms with Crippen LogP contribution in [0.3, 0.4) is 0 Å². The highest BCUT2D eigenvalue weighted by molar-refractivity contribution is 7.09. The molecule has 0 aliphatic carbocycles. The van der Waals surface area contributed by atoms with Gasteiger partial charge in [0.05, 0.1) is 7.11 Å². The minimum atomic E-state index is 0.493. The predicted molar refractivity (Wildman–Crippen MR) is 86.2 cm³/mol. The van der Waals surface area contributed by atoms with E-state index in [1.54, 1.807) is 18.4 Å². The maximum absolute atomic E-state index is 5.94. The van der Waals surface area contributed by atoms with Gasteiger partial charge < -0.3 is 14.8 Å². The summed E-state index contributed by atoms with van der Waals surface area (Å²) in [6.45, 7) is 6.43. The zero-order valence-corrected chi connectivity index (χ0v) is 13.6. The monoisotopic (exact) mass is 306 g/mol. The Morgan fingerprint density at radius 1 is 1.33 bits per heavy atom. The molecular weight excluding hydrogens is 284 g/mol. The van der Waals surface area contributed by atoms with Crippen molar-refractivity contribution in [2.75, 3.05) is 13.7 Å². The van der Waals surface area contributed by atoms with E-state index in [2.05, 4.69) is 17.2 Å². The molecule has 1 aromatic carbocycles. The Kier molecular flexibility index (Phi) is 6.02. The molecule has 0 amide bonds. The molecule has 1 N–H and O–H groups in total. The highest BCUT2D eigenvalue weighted by atomic mass is 32.1. The van der Waals surface area contributed by atoms with E-state index in [0.29, 0.717) is 6.61 Å². The number of aromatic nitrogens is 1. The number of hydrogen-bond donors (Lipinski definition) is 1. The van der Waals surface area contributed by atoms with Crippen LogP contribution in [0.5, 0.6) is 11.5 Å². The minimum absolute atomic E-state index is 0.493. The molecule has 21 heavy (non-hydrogen) atoms. The highest BCUT2D eigenvalue weighted by Crippen LogP contribution is 2.26. The van der Waals surface area contributed by atoms with Crippen LogP contribution in [0.2, 0.25) is 0 Å². The van der Waals surface area contributed by atoms with Crippen LogP contribution in [0.15, 0.2) is 23.6 Å². The molecule has 0 bridgehead atoms. The van der Waals surface area contributed by atoms with E-state index in [1.165, 1.54) is 0 Å². The van der Waals surface area contributed by atoms with Crippen LogP contribution in [0.25, 0.3) is 0 Å². The van der Waals surface area contributed by atoms with Crippen molar-refractivity contribution in [2.24, 2.45) is 0 Å². The molecule has 2 aromatic rings. The van der Waals surface area contributed by atoms with Gasteiger partial charge in [0.2, 0.25) is 0 Å². The number of rotatable bonds is 8. The van der Waals surface area contributed by atoms with Gasteiger partial charge in [0, 0.05) is 29.2 Å². The second-order valence-electron chi connectivity index (χ2n) is 4.82. The lowest BCUT2D eigenvalue weighted by Gasteiger charge is -2.13. The first kappa shape index (κ1) is 15.8. The molecule has 0 aliphatic rings. The first-order valence-corrected chi connectivity index (χ1v) is 8.02. The molecule has 0 saturated carbocycles. The molecule has 1 aromatic heterocycles. The van der Waals surface area contributed by atoms with Gasteiger partial charge in [0.15, 0.2) is 0 Å². The van der Waals surface area contributed by atoms with E-state index in [0.717, 1.165) is 47.3 Å². The van der Waals surface area contributed by atoms with E-state index >= 15 is 0 Å². The topological polar surface area (TPSA) is 43.4 Å². The van der Waals surface area contributed by atoms with Crippen molar-refractivity contribution in [3.63, 3.8) is 0 Å². The van der Waals surface area contributed by atoms with E-state index < -0.39 is 0 Å². The summed E-state index contributed by atoms with van der Waals surface area (Å²) in [6, 6.07) is 5.94. The lowest BCUT2D eigenvalue weighted by molar-refractivity contribution is 0.299. The van der Waals surface area contributed by atoms with Crippen molar-refractivity contribution in [2.45, 2.75) is 33.4 Å². The number of thiazole rings is 1. The molecule has 114 valence electrons. The highest BCUT2D eigenvalue weighted by Gasteiger charge is 2.07. The third-order valence-electron chi connectivity index (χ3n) is 3.03. The Balaban J connectivity index is 2.06. The SMILES string of the molecule is CCCNCc1ccc(OC)cc1OCc1nc(C)cs1. The number of methoxy groups -OCH3 is 1. The van der Waals surface area contributed by atoms with Crippen molar-refractivity contribution in [1.29, 1.82) is 0 Å². The summed E-state index contributed by atoms with van der Waals surface area (Å²) in [5.74, 6) is 1.66. The predicted octanol–water partition coefficient (Wildman–Crippen LogP) is 3.54. The van der Waals surface area contributed by atoms with Crippen LogP contribution in [0, 0.1) is 6.92 Å². The molecule has 2 rings (SSSR count). The molecule has 0 unspecified atom stereocenters. The smallest absolute Gasteiger partial charge is 0.140 e. The van der Waals surface area contributed by atoms with Crippen LogP contribution in [0.1, 0.15) is 29.6 Å². The van der Waals surface area contributed by atoms with Crippen LogP contribution in [0.4, 0.5) is 0 Å². The van der Waals surface area contributed by atoms with Crippen molar-refractivity contribution in [3.8, 4) is 11.5 Å². The zero-order chi connectivity index (χ0) is 15.1. The minimum Gasteiger partial charge on any atom is -0.497 e. The summed E-state index contributed by atoms with van der Waals surface area (Å²) in [6.07, 6.45) is 1.12. The van der Waals surface area contributed by atoms with Gasteiger partial charge in [-0.3, -0.25) is 0 Å². The van der Waals surface area contributed by atoms with E-state index in [9.17, 15) is 0 Å². The molecule has 0 saturated heterocycles. The average molecular weight is 306 g/mol. The number of aryl methyl sites for hydroxylation is 1. The normalized spacial score (nSPS) is 10.6. The Morgan fingerprint density at radius 3 is 2.86 bits per heavy atom. The lowest BCUT2D eigenvalue weighted by atomic mass is 10.2. The summed E-state index contributed by atoms with van der Waals surface area (Å²) >= 11 is 1.62. The maximum atomic E-state index is 5.94. The van der Waals surface area contributed by atoms with Crippen molar-refractivity contribution < 1.29 is 9.47 Å². The standard InChI is InChI=1S/C16H22N2O2S/c1-4-7-17-9-13-5-6-14(19-3)8-15(13)20-10-16-18-12(2)11-21-16/h5-6,8,11,17H,4,7,9-10H2,1-3H3. The molecular formula is C16H22N2O2S. The van der Waals surface area contributed by atoms with Crippen LogP contribution in [-0.2, 0) is 13.2 Å². The van der Waals surface area contributed by atoms with Gasteiger partial charge in [-0.05, 0) is 26.0 Å². The Morgan fingerprint density at radius 2 is 2.19 bits per heavy atom. The average Bonchev–Trinajstić information content (AvgIpc) is 2.92.